The molecule has 0 radical (unpaired) electrons. The van der Waals surface area contributed by atoms with Gasteiger partial charge in [0, 0.05) is 12.0 Å². The lowest BCUT2D eigenvalue weighted by atomic mass is 10.2. The van der Waals surface area contributed by atoms with Crippen LogP contribution in [-0.2, 0) is 14.6 Å². The van der Waals surface area contributed by atoms with E-state index in [0.717, 1.165) is 31.2 Å². The number of carboxylic acid groups (broad SMARTS) is 1. The number of benzene rings is 1. The number of rotatable bonds is 7. The third kappa shape index (κ3) is 6.46. The highest BCUT2D eigenvalue weighted by Crippen LogP contribution is 2.13. The molecule has 0 saturated carbocycles. The van der Waals surface area contributed by atoms with Crippen LogP contribution in [0.4, 0.5) is 0 Å². The Labute approximate surface area is 126 Å². The summed E-state index contributed by atoms with van der Waals surface area (Å²) in [7, 11) is -3.53. The van der Waals surface area contributed by atoms with E-state index in [1.165, 1.54) is 12.1 Å². The Balaban J connectivity index is 2.67. The Morgan fingerprint density at radius 1 is 1.19 bits per heavy atom. The molecule has 0 aliphatic heterocycles. The smallest absolute Gasteiger partial charge is 0.304 e. The predicted octanol–water partition coefficient (Wildman–Crippen LogP) is 2.87. The molecule has 0 fully saturated rings. The fourth-order valence-electron chi connectivity index (χ4n) is 1.71. The van der Waals surface area contributed by atoms with Crippen molar-refractivity contribution in [2.24, 2.45) is 0 Å². The minimum Gasteiger partial charge on any atom is -0.481 e. The van der Waals surface area contributed by atoms with E-state index >= 15 is 0 Å². The number of carboxylic acids is 1. The van der Waals surface area contributed by atoms with Crippen molar-refractivity contribution in [3.63, 3.8) is 0 Å². The molecule has 0 atom stereocenters. The van der Waals surface area contributed by atoms with E-state index in [4.69, 9.17) is 5.11 Å². The molecule has 0 bridgehead atoms. The quantitative estimate of drug-likeness (QED) is 0.621. The van der Waals surface area contributed by atoms with Gasteiger partial charge in [0.25, 0.3) is 0 Å². The van der Waals surface area contributed by atoms with Crippen molar-refractivity contribution in [2.75, 3.05) is 5.75 Å². The molecule has 5 heteroatoms. The van der Waals surface area contributed by atoms with Gasteiger partial charge in [-0.2, -0.15) is 0 Å². The molecule has 0 unspecified atom stereocenters. The second-order valence-corrected chi connectivity index (χ2v) is 6.86. The van der Waals surface area contributed by atoms with E-state index in [9.17, 15) is 13.2 Å². The van der Waals surface area contributed by atoms with E-state index in [1.807, 2.05) is 0 Å². The van der Waals surface area contributed by atoms with Crippen molar-refractivity contribution < 1.29 is 18.3 Å². The molecule has 0 aromatic heterocycles. The van der Waals surface area contributed by atoms with Crippen molar-refractivity contribution in [1.29, 1.82) is 0 Å². The number of carbonyl (C=O) groups is 1. The van der Waals surface area contributed by atoms with Gasteiger partial charge in [0.1, 0.15) is 0 Å². The van der Waals surface area contributed by atoms with Crippen molar-refractivity contribution in [2.45, 2.75) is 43.9 Å². The minimum absolute atomic E-state index is 0.139. The molecule has 1 rings (SSSR count). The molecule has 114 valence electrons. The predicted molar refractivity (Wildman–Crippen MR) is 81.8 cm³/mol. The van der Waals surface area contributed by atoms with Crippen LogP contribution in [0.2, 0.25) is 0 Å². The first kappa shape index (κ1) is 17.3. The maximum atomic E-state index is 11.9. The summed E-state index contributed by atoms with van der Waals surface area (Å²) in [6, 6.07) is 6.27. The summed E-state index contributed by atoms with van der Waals surface area (Å²) in [5.41, 5.74) is 0.767. The second-order valence-electron chi connectivity index (χ2n) is 4.75. The van der Waals surface area contributed by atoms with Gasteiger partial charge >= 0.3 is 5.97 Å². The van der Waals surface area contributed by atoms with Crippen LogP contribution in [-0.4, -0.2) is 25.2 Å². The van der Waals surface area contributed by atoms with Gasteiger partial charge in [0.15, 0.2) is 9.84 Å². The lowest BCUT2D eigenvalue weighted by molar-refractivity contribution is -0.136. The molecule has 1 aromatic rings. The van der Waals surface area contributed by atoms with Crippen LogP contribution < -0.4 is 0 Å². The molecule has 21 heavy (non-hydrogen) atoms. The van der Waals surface area contributed by atoms with Crippen LogP contribution in [0.3, 0.4) is 0 Å². The summed E-state index contributed by atoms with van der Waals surface area (Å²) in [4.78, 5) is 10.6. The van der Waals surface area contributed by atoms with Crippen molar-refractivity contribution in [1.82, 2.24) is 0 Å². The zero-order chi connectivity index (χ0) is 15.7. The normalized spacial score (nSPS) is 10.7. The molecule has 0 aliphatic rings. The molecule has 0 heterocycles. The molecule has 0 aliphatic carbocycles. The summed E-state index contributed by atoms with van der Waals surface area (Å²) in [5.74, 6) is 4.55. The summed E-state index contributed by atoms with van der Waals surface area (Å²) < 4.78 is 23.8. The standard InChI is InChI=1S/C16H20O4S/c1-2-3-4-5-6-7-14-8-10-15(11-9-14)21(19,20)13-12-16(17)18/h8-11H,2-5,12-13H2,1H3,(H,17,18). The molecule has 0 amide bonds. The van der Waals surface area contributed by atoms with Gasteiger partial charge in [-0.15, -0.1) is 0 Å². The first-order valence-electron chi connectivity index (χ1n) is 6.99. The number of aliphatic carboxylic acids is 1. The van der Waals surface area contributed by atoms with Gasteiger partial charge in [-0.3, -0.25) is 4.79 Å². The number of hydrogen-bond donors (Lipinski definition) is 1. The van der Waals surface area contributed by atoms with Crippen LogP contribution in [0.15, 0.2) is 29.2 Å². The fourth-order valence-corrected chi connectivity index (χ4v) is 2.94. The van der Waals surface area contributed by atoms with Gasteiger partial charge < -0.3 is 5.11 Å². The topological polar surface area (TPSA) is 71.4 Å². The average molecular weight is 308 g/mol. The zero-order valence-electron chi connectivity index (χ0n) is 12.1. The van der Waals surface area contributed by atoms with Crippen LogP contribution in [0.1, 0.15) is 44.6 Å². The van der Waals surface area contributed by atoms with Crippen LogP contribution in [0.25, 0.3) is 0 Å². The Hall–Kier alpha value is -1.80. The fraction of sp³-hybridized carbons (Fsp3) is 0.438. The molecule has 0 spiro atoms. The Morgan fingerprint density at radius 3 is 2.43 bits per heavy atom. The molecule has 1 N–H and O–H groups in total. The molecule has 0 saturated heterocycles. The first-order valence-corrected chi connectivity index (χ1v) is 8.64. The SMILES string of the molecule is CCCCCC#Cc1ccc(S(=O)(=O)CCC(=O)O)cc1. The number of sulfone groups is 1. The van der Waals surface area contributed by atoms with Crippen molar-refractivity contribution in [3.05, 3.63) is 29.8 Å². The Morgan fingerprint density at radius 2 is 1.86 bits per heavy atom. The average Bonchev–Trinajstić information content (AvgIpc) is 2.46. The third-order valence-electron chi connectivity index (χ3n) is 2.94. The van der Waals surface area contributed by atoms with Gasteiger partial charge in [-0.1, -0.05) is 31.6 Å². The van der Waals surface area contributed by atoms with E-state index in [1.54, 1.807) is 12.1 Å². The van der Waals surface area contributed by atoms with Crippen molar-refractivity contribution >= 4 is 15.8 Å². The lowest BCUT2D eigenvalue weighted by Gasteiger charge is -2.02. The van der Waals surface area contributed by atoms with E-state index < -0.39 is 15.8 Å². The second kappa shape index (κ2) is 8.48. The zero-order valence-corrected chi connectivity index (χ0v) is 12.9. The van der Waals surface area contributed by atoms with Crippen LogP contribution in [0, 0.1) is 11.8 Å². The lowest BCUT2D eigenvalue weighted by Crippen LogP contribution is -2.10. The third-order valence-corrected chi connectivity index (χ3v) is 4.67. The monoisotopic (exact) mass is 308 g/mol. The number of unbranched alkanes of at least 4 members (excludes halogenated alkanes) is 3. The van der Waals surface area contributed by atoms with Gasteiger partial charge in [-0.05, 0) is 30.7 Å². The highest BCUT2D eigenvalue weighted by molar-refractivity contribution is 7.91. The Kier molecular flexibility index (Phi) is 6.97. The minimum atomic E-state index is -3.53. The van der Waals surface area contributed by atoms with E-state index in [-0.39, 0.29) is 17.1 Å². The number of hydrogen-bond acceptors (Lipinski definition) is 3. The molecular weight excluding hydrogens is 288 g/mol. The highest BCUT2D eigenvalue weighted by Gasteiger charge is 2.15. The summed E-state index contributed by atoms with van der Waals surface area (Å²) in [6.07, 6.45) is 3.85. The van der Waals surface area contributed by atoms with Crippen molar-refractivity contribution in [3.8, 4) is 11.8 Å². The maximum absolute atomic E-state index is 11.9. The van der Waals surface area contributed by atoms with Gasteiger partial charge in [0.2, 0.25) is 0 Å². The van der Waals surface area contributed by atoms with E-state index in [2.05, 4.69) is 18.8 Å². The van der Waals surface area contributed by atoms with Crippen LogP contribution in [0.5, 0.6) is 0 Å². The van der Waals surface area contributed by atoms with Gasteiger partial charge in [0.05, 0.1) is 17.1 Å². The molecular formula is C16H20O4S. The largest absolute Gasteiger partial charge is 0.481 e. The molecule has 1 aromatic carbocycles. The summed E-state index contributed by atoms with van der Waals surface area (Å²) in [6.45, 7) is 2.14. The van der Waals surface area contributed by atoms with E-state index in [0.29, 0.717) is 0 Å². The summed E-state index contributed by atoms with van der Waals surface area (Å²) in [5, 5.41) is 8.54. The maximum Gasteiger partial charge on any atom is 0.304 e. The Bertz CT molecular complexity index is 618. The van der Waals surface area contributed by atoms with Gasteiger partial charge in [-0.25, -0.2) is 8.42 Å². The highest BCUT2D eigenvalue weighted by atomic mass is 32.2. The summed E-state index contributed by atoms with van der Waals surface area (Å²) >= 11 is 0. The molecule has 4 nitrogen and oxygen atoms in total. The first-order chi connectivity index (χ1) is 9.95. The van der Waals surface area contributed by atoms with Crippen LogP contribution >= 0.6 is 0 Å².